The Hall–Kier alpha value is -5.78. The van der Waals surface area contributed by atoms with Crippen molar-refractivity contribution in [2.45, 2.75) is 19.6 Å². The summed E-state index contributed by atoms with van der Waals surface area (Å²) in [5.41, 5.74) is 5.88. The van der Waals surface area contributed by atoms with Crippen LogP contribution >= 0.6 is 23.5 Å². The van der Waals surface area contributed by atoms with Crippen LogP contribution < -0.4 is 25.6 Å². The van der Waals surface area contributed by atoms with E-state index >= 15 is 0 Å². The van der Waals surface area contributed by atoms with Gasteiger partial charge >= 0.3 is 0 Å². The van der Waals surface area contributed by atoms with E-state index in [1.165, 1.54) is 78.7 Å². The molecule has 0 saturated carbocycles. The van der Waals surface area contributed by atoms with Gasteiger partial charge in [0, 0.05) is 36.6 Å². The summed E-state index contributed by atoms with van der Waals surface area (Å²) in [4.78, 5) is 7.93. The maximum Gasteiger partial charge on any atom is 0.184 e. The summed E-state index contributed by atoms with van der Waals surface area (Å²) in [6.07, 6.45) is 0. The molecule has 54 heavy (non-hydrogen) atoms. The highest BCUT2D eigenvalue weighted by atomic mass is 32.2. The van der Waals surface area contributed by atoms with E-state index in [0.717, 1.165) is 11.4 Å². The van der Waals surface area contributed by atoms with Gasteiger partial charge in [-0.1, -0.05) is 163 Å². The van der Waals surface area contributed by atoms with Crippen molar-refractivity contribution in [3.63, 3.8) is 0 Å². The molecule has 0 amide bonds. The molecule has 2 aliphatic rings. The third-order valence-electron chi connectivity index (χ3n) is 11.2. The van der Waals surface area contributed by atoms with Crippen LogP contribution in [0.2, 0.25) is 0 Å². The second kappa shape index (κ2) is 12.7. The second-order valence-corrected chi connectivity index (χ2v) is 19.9. The first kappa shape index (κ1) is 31.7. The Balaban J connectivity index is 1.16. The van der Waals surface area contributed by atoms with E-state index in [2.05, 4.69) is 205 Å². The van der Waals surface area contributed by atoms with Crippen molar-refractivity contribution < 1.29 is 0 Å². The first-order valence-corrected chi connectivity index (χ1v) is 22.0. The topological polar surface area (TPSA) is 3.24 Å². The van der Waals surface area contributed by atoms with Crippen molar-refractivity contribution in [3.8, 4) is 11.1 Å². The zero-order chi connectivity index (χ0) is 35.6. The molecule has 0 atom stereocenters. The molecule has 0 unspecified atom stereocenters. The van der Waals surface area contributed by atoms with E-state index in [1.54, 1.807) is 0 Å². The fourth-order valence-electron chi connectivity index (χ4n) is 8.76. The highest BCUT2D eigenvalue weighted by Crippen LogP contribution is 2.43. The molecule has 254 valence electrons. The third-order valence-corrected chi connectivity index (χ3v) is 19.1. The smallest absolute Gasteiger partial charge is 0.184 e. The first-order valence-electron chi connectivity index (χ1n) is 18.4. The second-order valence-electron chi connectivity index (χ2n) is 14.1. The van der Waals surface area contributed by atoms with Crippen molar-refractivity contribution in [1.29, 1.82) is 0 Å². The number of fused-ring (bicyclic) bond motifs is 11. The van der Waals surface area contributed by atoms with E-state index in [9.17, 15) is 0 Å². The van der Waals surface area contributed by atoms with Crippen LogP contribution in [0, 0.1) is 0 Å². The summed E-state index contributed by atoms with van der Waals surface area (Å²) in [7, 11) is -2.73. The highest BCUT2D eigenvalue weighted by Gasteiger charge is 2.51. The SMILES string of the molecule is c1ccc(-c2ccc(N(c3ccc4c(c3)[Si]3(c5ccccc5Sc5ccccc53)c3ccccc3S4)c3ccc4c(ccc5ccccc54)c3)cc2)cc1. The summed E-state index contributed by atoms with van der Waals surface area (Å²) in [6.45, 7) is 0. The van der Waals surface area contributed by atoms with Crippen molar-refractivity contribution in [2.24, 2.45) is 0 Å². The van der Waals surface area contributed by atoms with Gasteiger partial charge in [0.25, 0.3) is 0 Å². The highest BCUT2D eigenvalue weighted by molar-refractivity contribution is 8.01. The van der Waals surface area contributed by atoms with Crippen LogP contribution in [0.4, 0.5) is 17.1 Å². The van der Waals surface area contributed by atoms with Crippen LogP contribution in [0.15, 0.2) is 220 Å². The largest absolute Gasteiger partial charge is 0.310 e. The van der Waals surface area contributed by atoms with Crippen LogP contribution in [0.5, 0.6) is 0 Å². The van der Waals surface area contributed by atoms with Gasteiger partial charge in [-0.3, -0.25) is 0 Å². The molecule has 0 saturated heterocycles. The average molecular weight is 740 g/mol. The van der Waals surface area contributed by atoms with E-state index in [0.29, 0.717) is 0 Å². The predicted octanol–water partition coefficient (Wildman–Crippen LogP) is 11.4. The van der Waals surface area contributed by atoms with Crippen LogP contribution in [0.25, 0.3) is 32.7 Å². The Labute approximate surface area is 325 Å². The summed E-state index contributed by atoms with van der Waals surface area (Å²) in [5, 5.41) is 11.0. The fourth-order valence-corrected chi connectivity index (χ4v) is 17.9. The molecule has 9 aromatic carbocycles. The summed E-state index contributed by atoms with van der Waals surface area (Å²) in [6, 6.07) is 74.8. The van der Waals surface area contributed by atoms with Gasteiger partial charge in [-0.25, -0.2) is 0 Å². The third kappa shape index (κ3) is 4.88. The fraction of sp³-hybridized carbons (Fsp3) is 0. The Morgan fingerprint density at radius 1 is 0.315 bits per heavy atom. The molecular formula is C50H33NS2Si. The number of benzene rings is 9. The Morgan fingerprint density at radius 3 is 1.48 bits per heavy atom. The van der Waals surface area contributed by atoms with Crippen LogP contribution in [0.1, 0.15) is 0 Å². The molecule has 2 aliphatic heterocycles. The number of hydrogen-bond acceptors (Lipinski definition) is 3. The van der Waals surface area contributed by atoms with Crippen molar-refractivity contribution in [3.05, 3.63) is 200 Å². The van der Waals surface area contributed by atoms with Crippen LogP contribution in [-0.4, -0.2) is 8.07 Å². The van der Waals surface area contributed by atoms with Gasteiger partial charge in [-0.15, -0.1) is 0 Å². The average Bonchev–Trinajstić information content (AvgIpc) is 3.24. The predicted molar refractivity (Wildman–Crippen MR) is 233 cm³/mol. The van der Waals surface area contributed by atoms with E-state index in [-0.39, 0.29) is 0 Å². The Morgan fingerprint density at radius 2 is 0.796 bits per heavy atom. The monoisotopic (exact) mass is 739 g/mol. The number of rotatable bonds is 4. The minimum atomic E-state index is -2.73. The molecule has 0 bridgehead atoms. The molecule has 4 heteroatoms. The van der Waals surface area contributed by atoms with Gasteiger partial charge < -0.3 is 4.90 Å². The molecule has 2 heterocycles. The molecule has 0 N–H and O–H groups in total. The van der Waals surface area contributed by atoms with Gasteiger partial charge in [0.15, 0.2) is 8.07 Å². The molecule has 1 nitrogen and oxygen atoms in total. The lowest BCUT2D eigenvalue weighted by Crippen LogP contribution is -2.78. The molecule has 9 aromatic rings. The lowest BCUT2D eigenvalue weighted by atomic mass is 10.0. The molecule has 0 fully saturated rings. The minimum Gasteiger partial charge on any atom is -0.310 e. The number of nitrogens with zero attached hydrogens (tertiary/aromatic N) is 1. The Bertz CT molecular complexity index is 2800. The zero-order valence-electron chi connectivity index (χ0n) is 29.3. The normalized spacial score (nSPS) is 13.6. The van der Waals surface area contributed by atoms with Gasteiger partial charge in [-0.05, 0) is 114 Å². The molecular weight excluding hydrogens is 707 g/mol. The standard InChI is InChI=1S/C50H33NS2Si/c1-2-12-34(13-3-1)35-24-26-38(27-25-35)51(39-28-30-42-37(32-39)23-22-36-14-4-5-15-41(36)42)40-29-31-46-50(33-40)54(49-21-11-8-18-45(49)53-46)47-19-9-6-16-43(47)52-44-17-7-10-20-48(44)54/h1-33H. The Kier molecular flexibility index (Phi) is 7.44. The van der Waals surface area contributed by atoms with Crippen molar-refractivity contribution in [2.75, 3.05) is 4.90 Å². The van der Waals surface area contributed by atoms with E-state index in [1.807, 2.05) is 23.5 Å². The number of hydrogen-bond donors (Lipinski definition) is 0. The summed E-state index contributed by atoms with van der Waals surface area (Å²) < 4.78 is 0. The van der Waals surface area contributed by atoms with E-state index in [4.69, 9.17) is 0 Å². The maximum absolute atomic E-state index is 2.73. The van der Waals surface area contributed by atoms with Crippen molar-refractivity contribution in [1.82, 2.24) is 0 Å². The van der Waals surface area contributed by atoms with E-state index < -0.39 is 8.07 Å². The van der Waals surface area contributed by atoms with Gasteiger partial charge in [0.2, 0.25) is 0 Å². The van der Waals surface area contributed by atoms with Gasteiger partial charge in [0.05, 0.1) is 0 Å². The molecule has 0 aromatic heterocycles. The molecule has 0 radical (unpaired) electrons. The summed E-state index contributed by atoms with van der Waals surface area (Å²) >= 11 is 3.85. The molecule has 0 aliphatic carbocycles. The van der Waals surface area contributed by atoms with Crippen molar-refractivity contribution >= 4 is 91.0 Å². The molecule has 1 spiro atoms. The minimum absolute atomic E-state index is 1.13. The first-order chi connectivity index (χ1) is 26.8. The summed E-state index contributed by atoms with van der Waals surface area (Å²) in [5.74, 6) is 0. The zero-order valence-corrected chi connectivity index (χ0v) is 31.9. The lowest BCUT2D eigenvalue weighted by molar-refractivity contribution is 1.28. The maximum atomic E-state index is 2.55. The quantitative estimate of drug-likeness (QED) is 0.131. The number of anilines is 3. The van der Waals surface area contributed by atoms with Gasteiger partial charge in [-0.2, -0.15) is 0 Å². The van der Waals surface area contributed by atoms with Crippen LogP contribution in [-0.2, 0) is 0 Å². The van der Waals surface area contributed by atoms with Crippen LogP contribution in [0.3, 0.4) is 0 Å². The van der Waals surface area contributed by atoms with Gasteiger partial charge in [0.1, 0.15) is 0 Å². The molecule has 11 rings (SSSR count). The lowest BCUT2D eigenvalue weighted by Gasteiger charge is -2.44.